The Hall–Kier alpha value is -2.38. The molecular weight excluding hydrogens is 388 g/mol. The fourth-order valence-electron chi connectivity index (χ4n) is 3.72. The van der Waals surface area contributed by atoms with Gasteiger partial charge in [-0.05, 0) is 47.2 Å². The molecule has 0 spiro atoms. The quantitative estimate of drug-likeness (QED) is 0.810. The zero-order valence-corrected chi connectivity index (χ0v) is 17.2. The van der Waals surface area contributed by atoms with Crippen molar-refractivity contribution in [2.45, 2.75) is 19.4 Å². The van der Waals surface area contributed by atoms with Crippen LogP contribution in [0.4, 0.5) is 0 Å². The van der Waals surface area contributed by atoms with Gasteiger partial charge in [0.1, 0.15) is 5.75 Å². The Balaban J connectivity index is 1.30. The highest BCUT2D eigenvalue weighted by Crippen LogP contribution is 2.30. The van der Waals surface area contributed by atoms with Crippen LogP contribution in [0, 0.1) is 0 Å². The van der Waals surface area contributed by atoms with Gasteiger partial charge in [0.2, 0.25) is 5.91 Å². The summed E-state index contributed by atoms with van der Waals surface area (Å²) >= 11 is 0. The predicted octanol–water partition coefficient (Wildman–Crippen LogP) is 2.03. The lowest BCUT2D eigenvalue weighted by atomic mass is 9.98. The first-order valence-corrected chi connectivity index (χ1v) is 11.9. The van der Waals surface area contributed by atoms with Crippen LogP contribution in [0.2, 0.25) is 0 Å². The molecule has 1 N–H and O–H groups in total. The van der Waals surface area contributed by atoms with Crippen LogP contribution in [0.5, 0.6) is 5.75 Å². The Kier molecular flexibility index (Phi) is 5.87. The van der Waals surface area contributed by atoms with E-state index in [1.54, 1.807) is 0 Å². The molecule has 2 aliphatic rings. The normalized spacial score (nSPS) is 18.5. The summed E-state index contributed by atoms with van der Waals surface area (Å²) in [6.45, 7) is 2.35. The average Bonchev–Trinajstić information content (AvgIpc) is 2.74. The van der Waals surface area contributed by atoms with Crippen molar-refractivity contribution in [1.29, 1.82) is 0 Å². The molecule has 0 aliphatic carbocycles. The van der Waals surface area contributed by atoms with Crippen LogP contribution in [-0.4, -0.2) is 57.0 Å². The van der Waals surface area contributed by atoms with Gasteiger partial charge >= 0.3 is 0 Å². The van der Waals surface area contributed by atoms with Crippen LogP contribution in [-0.2, 0) is 27.6 Å². The van der Waals surface area contributed by atoms with E-state index in [1.165, 1.54) is 11.1 Å². The molecule has 1 fully saturated rings. The topological polar surface area (TPSA) is 75.7 Å². The minimum Gasteiger partial charge on any atom is -0.493 e. The summed E-state index contributed by atoms with van der Waals surface area (Å²) in [7, 11) is -2.92. The van der Waals surface area contributed by atoms with E-state index in [1.807, 2.05) is 23.1 Å². The Bertz CT molecular complexity index is 972. The van der Waals surface area contributed by atoms with Gasteiger partial charge in [0.25, 0.3) is 0 Å². The molecule has 0 saturated carbocycles. The van der Waals surface area contributed by atoms with Crippen LogP contribution in [0.3, 0.4) is 0 Å². The van der Waals surface area contributed by atoms with Crippen LogP contribution >= 0.6 is 0 Å². The zero-order chi connectivity index (χ0) is 20.3. The number of hydrogen-bond donors (Lipinski definition) is 1. The van der Waals surface area contributed by atoms with Crippen molar-refractivity contribution >= 4 is 15.7 Å². The molecule has 1 amide bonds. The lowest BCUT2D eigenvalue weighted by Gasteiger charge is -2.25. The molecule has 2 heterocycles. The number of carbonyl (C=O) groups excluding carboxylic acids is 1. The summed E-state index contributed by atoms with van der Waals surface area (Å²) in [6.07, 6.45) is 2.11. The number of aryl methyl sites for hydroxylation is 1. The molecule has 0 bridgehead atoms. The Morgan fingerprint density at radius 2 is 1.76 bits per heavy atom. The van der Waals surface area contributed by atoms with Crippen molar-refractivity contribution in [2.24, 2.45) is 0 Å². The maximum Gasteiger partial charge on any atom is 0.234 e. The molecule has 2 aliphatic heterocycles. The third kappa shape index (κ3) is 5.16. The number of amides is 1. The maximum atomic E-state index is 12.2. The maximum absolute atomic E-state index is 12.2. The average molecular weight is 415 g/mol. The SMILES string of the molecule is O=C(CN1CCS(=O)(=O)CC1)NCc1ccc(-c2ccc3c(c2)CCCO3)cc1. The fraction of sp³-hybridized carbons (Fsp3) is 0.409. The van der Waals surface area contributed by atoms with E-state index in [0.29, 0.717) is 19.6 Å². The monoisotopic (exact) mass is 414 g/mol. The largest absolute Gasteiger partial charge is 0.493 e. The summed E-state index contributed by atoms with van der Waals surface area (Å²) in [5.41, 5.74) is 4.60. The number of rotatable bonds is 5. The Morgan fingerprint density at radius 3 is 2.52 bits per heavy atom. The molecule has 0 radical (unpaired) electrons. The van der Waals surface area contributed by atoms with Crippen molar-refractivity contribution in [3.8, 4) is 16.9 Å². The third-order valence-electron chi connectivity index (χ3n) is 5.49. The molecule has 154 valence electrons. The summed E-state index contributed by atoms with van der Waals surface area (Å²) in [5.74, 6) is 1.18. The van der Waals surface area contributed by atoms with E-state index in [0.717, 1.165) is 36.3 Å². The van der Waals surface area contributed by atoms with E-state index >= 15 is 0 Å². The van der Waals surface area contributed by atoms with Gasteiger partial charge in [0.05, 0.1) is 24.7 Å². The smallest absolute Gasteiger partial charge is 0.234 e. The van der Waals surface area contributed by atoms with Crippen LogP contribution < -0.4 is 10.1 Å². The number of fused-ring (bicyclic) bond motifs is 1. The summed E-state index contributed by atoms with van der Waals surface area (Å²) < 4.78 is 28.6. The number of carbonyl (C=O) groups is 1. The third-order valence-corrected chi connectivity index (χ3v) is 7.10. The molecule has 7 heteroatoms. The molecule has 0 unspecified atom stereocenters. The summed E-state index contributed by atoms with van der Waals surface area (Å²) in [5, 5.41) is 2.92. The molecule has 4 rings (SSSR count). The second-order valence-corrected chi connectivity index (χ2v) is 9.98. The number of ether oxygens (including phenoxy) is 1. The van der Waals surface area contributed by atoms with Crippen molar-refractivity contribution in [2.75, 3.05) is 37.7 Å². The van der Waals surface area contributed by atoms with Crippen molar-refractivity contribution in [3.05, 3.63) is 53.6 Å². The molecule has 6 nitrogen and oxygen atoms in total. The van der Waals surface area contributed by atoms with E-state index in [2.05, 4.69) is 29.6 Å². The summed E-state index contributed by atoms with van der Waals surface area (Å²) in [4.78, 5) is 14.0. The Labute approximate surface area is 171 Å². The first-order valence-electron chi connectivity index (χ1n) is 10.0. The zero-order valence-electron chi connectivity index (χ0n) is 16.4. The van der Waals surface area contributed by atoms with Gasteiger partial charge in [0, 0.05) is 19.6 Å². The lowest BCUT2D eigenvalue weighted by Crippen LogP contribution is -2.45. The fourth-order valence-corrected chi connectivity index (χ4v) is 5.00. The van der Waals surface area contributed by atoms with Gasteiger partial charge in [-0.1, -0.05) is 30.3 Å². The predicted molar refractivity (Wildman–Crippen MR) is 113 cm³/mol. The highest BCUT2D eigenvalue weighted by Gasteiger charge is 2.22. The second-order valence-electron chi connectivity index (χ2n) is 7.68. The van der Waals surface area contributed by atoms with Crippen molar-refractivity contribution < 1.29 is 17.9 Å². The highest BCUT2D eigenvalue weighted by molar-refractivity contribution is 7.91. The molecule has 2 aromatic rings. The standard InChI is InChI=1S/C22H26N2O4S/c25-22(16-24-9-12-29(26,27)13-10-24)23-15-17-3-5-18(6-4-17)19-7-8-21-20(14-19)2-1-11-28-21/h3-8,14H,1-2,9-13,15-16H2,(H,23,25). The first kappa shape index (κ1) is 19.9. The minimum absolute atomic E-state index is 0.0805. The number of sulfone groups is 1. The van der Waals surface area contributed by atoms with Gasteiger partial charge in [0.15, 0.2) is 9.84 Å². The van der Waals surface area contributed by atoms with Crippen molar-refractivity contribution in [1.82, 2.24) is 10.2 Å². The van der Waals surface area contributed by atoms with E-state index in [4.69, 9.17) is 4.74 Å². The number of hydrogen-bond acceptors (Lipinski definition) is 5. The van der Waals surface area contributed by atoms with Gasteiger partial charge < -0.3 is 10.1 Å². The molecule has 2 aromatic carbocycles. The van der Waals surface area contributed by atoms with Gasteiger partial charge in [-0.15, -0.1) is 0 Å². The minimum atomic E-state index is -2.92. The first-order chi connectivity index (χ1) is 14.0. The molecule has 1 saturated heterocycles. The van der Waals surface area contributed by atoms with Gasteiger partial charge in [-0.2, -0.15) is 0 Å². The lowest BCUT2D eigenvalue weighted by molar-refractivity contribution is -0.122. The number of nitrogens with one attached hydrogen (secondary N) is 1. The molecule has 29 heavy (non-hydrogen) atoms. The van der Waals surface area contributed by atoms with Crippen LogP contribution in [0.1, 0.15) is 17.5 Å². The van der Waals surface area contributed by atoms with E-state index in [-0.39, 0.29) is 24.0 Å². The number of benzene rings is 2. The number of nitrogens with zero attached hydrogens (tertiary/aromatic N) is 1. The molecular formula is C22H26N2O4S. The second kappa shape index (κ2) is 8.55. The van der Waals surface area contributed by atoms with E-state index in [9.17, 15) is 13.2 Å². The summed E-state index contributed by atoms with van der Waals surface area (Å²) in [6, 6.07) is 14.5. The van der Waals surface area contributed by atoms with E-state index < -0.39 is 9.84 Å². The van der Waals surface area contributed by atoms with Gasteiger partial charge in [-0.3, -0.25) is 9.69 Å². The molecule has 0 aromatic heterocycles. The highest BCUT2D eigenvalue weighted by atomic mass is 32.2. The Morgan fingerprint density at radius 1 is 1.03 bits per heavy atom. The van der Waals surface area contributed by atoms with Crippen LogP contribution in [0.25, 0.3) is 11.1 Å². The van der Waals surface area contributed by atoms with Crippen molar-refractivity contribution in [3.63, 3.8) is 0 Å². The van der Waals surface area contributed by atoms with Crippen LogP contribution in [0.15, 0.2) is 42.5 Å². The molecule has 0 atom stereocenters. The van der Waals surface area contributed by atoms with Gasteiger partial charge in [-0.25, -0.2) is 8.42 Å².